The second kappa shape index (κ2) is 4.22. The fourth-order valence-corrected chi connectivity index (χ4v) is 2.89. The van der Waals surface area contributed by atoms with Crippen molar-refractivity contribution in [1.82, 2.24) is 0 Å². The number of hydrogen-bond acceptors (Lipinski definition) is 1. The number of nitrogens with two attached hydrogens (primary N) is 1. The standard InChI is InChI=1S/C12H15BrFN/c13-10-5-9(6-11(14)7-10)8-12(15)3-1-2-4-12/h5-7H,1-4,8,15H2. The Labute approximate surface area is 98.0 Å². The van der Waals surface area contributed by atoms with Gasteiger partial charge in [0, 0.05) is 10.0 Å². The van der Waals surface area contributed by atoms with Gasteiger partial charge in [0.05, 0.1) is 0 Å². The summed E-state index contributed by atoms with van der Waals surface area (Å²) in [6.07, 6.45) is 5.30. The topological polar surface area (TPSA) is 26.0 Å². The molecule has 1 aliphatic rings. The van der Waals surface area contributed by atoms with Gasteiger partial charge >= 0.3 is 0 Å². The Hall–Kier alpha value is -0.410. The van der Waals surface area contributed by atoms with E-state index in [1.807, 2.05) is 6.07 Å². The van der Waals surface area contributed by atoms with Gasteiger partial charge in [-0.1, -0.05) is 28.8 Å². The molecule has 3 heteroatoms. The van der Waals surface area contributed by atoms with Crippen LogP contribution < -0.4 is 5.73 Å². The first-order chi connectivity index (χ1) is 7.07. The summed E-state index contributed by atoms with van der Waals surface area (Å²) in [4.78, 5) is 0. The van der Waals surface area contributed by atoms with Crippen molar-refractivity contribution in [2.75, 3.05) is 0 Å². The lowest BCUT2D eigenvalue weighted by molar-refractivity contribution is 0.435. The van der Waals surface area contributed by atoms with Crippen LogP contribution in [0.25, 0.3) is 0 Å². The lowest BCUT2D eigenvalue weighted by atomic mass is 9.90. The van der Waals surface area contributed by atoms with Crippen LogP contribution in [-0.4, -0.2) is 5.54 Å². The highest BCUT2D eigenvalue weighted by atomic mass is 79.9. The van der Waals surface area contributed by atoms with E-state index in [9.17, 15) is 4.39 Å². The summed E-state index contributed by atoms with van der Waals surface area (Å²) in [5, 5.41) is 0. The van der Waals surface area contributed by atoms with Crippen LogP contribution in [0.3, 0.4) is 0 Å². The molecule has 1 fully saturated rings. The molecule has 0 atom stereocenters. The molecule has 1 aromatic carbocycles. The summed E-state index contributed by atoms with van der Waals surface area (Å²) in [5.41, 5.74) is 7.14. The maximum atomic E-state index is 13.2. The SMILES string of the molecule is NC1(Cc2cc(F)cc(Br)c2)CCCC1. The molecule has 2 rings (SSSR count). The molecule has 1 aliphatic carbocycles. The van der Waals surface area contributed by atoms with Crippen LogP contribution in [0.2, 0.25) is 0 Å². The van der Waals surface area contributed by atoms with Gasteiger partial charge in [-0.25, -0.2) is 4.39 Å². The van der Waals surface area contributed by atoms with E-state index in [1.165, 1.54) is 18.9 Å². The van der Waals surface area contributed by atoms with Crippen molar-refractivity contribution in [2.45, 2.75) is 37.6 Å². The molecule has 0 aromatic heterocycles. The van der Waals surface area contributed by atoms with E-state index in [-0.39, 0.29) is 11.4 Å². The molecular formula is C12H15BrFN. The molecule has 1 saturated carbocycles. The van der Waals surface area contributed by atoms with Crippen molar-refractivity contribution >= 4 is 15.9 Å². The maximum Gasteiger partial charge on any atom is 0.124 e. The third kappa shape index (κ3) is 2.79. The van der Waals surface area contributed by atoms with E-state index >= 15 is 0 Å². The monoisotopic (exact) mass is 271 g/mol. The Morgan fingerprint density at radius 2 is 1.93 bits per heavy atom. The fourth-order valence-electron chi connectivity index (χ4n) is 2.38. The lowest BCUT2D eigenvalue weighted by Crippen LogP contribution is -2.38. The molecule has 82 valence electrons. The van der Waals surface area contributed by atoms with Crippen molar-refractivity contribution in [3.05, 3.63) is 34.1 Å². The van der Waals surface area contributed by atoms with Gasteiger partial charge < -0.3 is 5.73 Å². The highest BCUT2D eigenvalue weighted by Crippen LogP contribution is 2.31. The van der Waals surface area contributed by atoms with Crippen molar-refractivity contribution in [2.24, 2.45) is 5.73 Å². The van der Waals surface area contributed by atoms with Crippen LogP contribution >= 0.6 is 15.9 Å². The Morgan fingerprint density at radius 3 is 2.53 bits per heavy atom. The van der Waals surface area contributed by atoms with Crippen LogP contribution in [0.15, 0.2) is 22.7 Å². The summed E-state index contributed by atoms with van der Waals surface area (Å²) < 4.78 is 13.9. The molecule has 0 bridgehead atoms. The van der Waals surface area contributed by atoms with E-state index in [2.05, 4.69) is 15.9 Å². The minimum Gasteiger partial charge on any atom is -0.325 e. The molecular weight excluding hydrogens is 257 g/mol. The predicted octanol–water partition coefficient (Wildman–Crippen LogP) is 3.40. The third-order valence-corrected chi connectivity index (χ3v) is 3.54. The van der Waals surface area contributed by atoms with Gasteiger partial charge in [0.25, 0.3) is 0 Å². The molecule has 0 saturated heterocycles. The summed E-state index contributed by atoms with van der Waals surface area (Å²) in [6.45, 7) is 0. The first-order valence-corrected chi connectivity index (χ1v) is 6.11. The van der Waals surface area contributed by atoms with Crippen LogP contribution in [-0.2, 0) is 6.42 Å². The van der Waals surface area contributed by atoms with Gasteiger partial charge in [0.15, 0.2) is 0 Å². The average molecular weight is 272 g/mol. The molecule has 0 spiro atoms. The van der Waals surface area contributed by atoms with E-state index in [0.717, 1.165) is 29.3 Å². The highest BCUT2D eigenvalue weighted by molar-refractivity contribution is 9.10. The van der Waals surface area contributed by atoms with E-state index in [1.54, 1.807) is 6.07 Å². The number of halogens is 2. The predicted molar refractivity (Wildman–Crippen MR) is 63.2 cm³/mol. The zero-order valence-electron chi connectivity index (χ0n) is 8.60. The normalized spacial score (nSPS) is 19.4. The van der Waals surface area contributed by atoms with Crippen molar-refractivity contribution in [3.63, 3.8) is 0 Å². The van der Waals surface area contributed by atoms with Gasteiger partial charge in [0.1, 0.15) is 5.82 Å². The summed E-state index contributed by atoms with van der Waals surface area (Å²) in [6, 6.07) is 5.01. The zero-order valence-corrected chi connectivity index (χ0v) is 10.2. The molecule has 1 aromatic rings. The van der Waals surface area contributed by atoms with Crippen molar-refractivity contribution in [1.29, 1.82) is 0 Å². The van der Waals surface area contributed by atoms with Gasteiger partial charge in [-0.05, 0) is 43.0 Å². The van der Waals surface area contributed by atoms with E-state index in [0.29, 0.717) is 0 Å². The van der Waals surface area contributed by atoms with Gasteiger partial charge in [-0.15, -0.1) is 0 Å². The average Bonchev–Trinajstić information content (AvgIpc) is 2.49. The minimum absolute atomic E-state index is 0.104. The number of hydrogen-bond donors (Lipinski definition) is 1. The second-order valence-corrected chi connectivity index (χ2v) is 5.44. The second-order valence-electron chi connectivity index (χ2n) is 4.52. The quantitative estimate of drug-likeness (QED) is 0.877. The molecule has 2 N–H and O–H groups in total. The first-order valence-electron chi connectivity index (χ1n) is 5.31. The van der Waals surface area contributed by atoms with E-state index in [4.69, 9.17) is 5.73 Å². The molecule has 0 unspecified atom stereocenters. The molecule has 15 heavy (non-hydrogen) atoms. The summed E-state index contributed by atoms with van der Waals surface area (Å²) in [7, 11) is 0. The first kappa shape index (κ1) is 11.1. The largest absolute Gasteiger partial charge is 0.325 e. The van der Waals surface area contributed by atoms with Crippen molar-refractivity contribution < 1.29 is 4.39 Å². The van der Waals surface area contributed by atoms with Gasteiger partial charge in [-0.2, -0.15) is 0 Å². The minimum atomic E-state index is -0.194. The van der Waals surface area contributed by atoms with Crippen LogP contribution in [0.5, 0.6) is 0 Å². The van der Waals surface area contributed by atoms with Gasteiger partial charge in [-0.3, -0.25) is 0 Å². The highest BCUT2D eigenvalue weighted by Gasteiger charge is 2.29. The van der Waals surface area contributed by atoms with Crippen LogP contribution in [0, 0.1) is 5.82 Å². The Morgan fingerprint density at radius 1 is 1.27 bits per heavy atom. The Bertz CT molecular complexity index is 338. The zero-order chi connectivity index (χ0) is 10.9. The van der Waals surface area contributed by atoms with Crippen molar-refractivity contribution in [3.8, 4) is 0 Å². The van der Waals surface area contributed by atoms with E-state index < -0.39 is 0 Å². The molecule has 0 aliphatic heterocycles. The molecule has 0 radical (unpaired) electrons. The third-order valence-electron chi connectivity index (χ3n) is 3.08. The smallest absolute Gasteiger partial charge is 0.124 e. The molecule has 1 nitrogen and oxygen atoms in total. The lowest BCUT2D eigenvalue weighted by Gasteiger charge is -2.23. The van der Waals surface area contributed by atoms with Crippen LogP contribution in [0.1, 0.15) is 31.2 Å². The summed E-state index contributed by atoms with van der Waals surface area (Å²) >= 11 is 3.30. The summed E-state index contributed by atoms with van der Waals surface area (Å²) in [5.74, 6) is -0.194. The Kier molecular flexibility index (Phi) is 3.12. The van der Waals surface area contributed by atoms with Crippen LogP contribution in [0.4, 0.5) is 4.39 Å². The number of rotatable bonds is 2. The number of benzene rings is 1. The Balaban J connectivity index is 2.16. The maximum absolute atomic E-state index is 13.2. The van der Waals surface area contributed by atoms with Gasteiger partial charge in [0.2, 0.25) is 0 Å². The molecule has 0 amide bonds. The fraction of sp³-hybridized carbons (Fsp3) is 0.500. The molecule has 0 heterocycles.